The van der Waals surface area contributed by atoms with Gasteiger partial charge in [0.05, 0.1) is 5.56 Å². The van der Waals surface area contributed by atoms with Crippen LogP contribution in [0.3, 0.4) is 0 Å². The van der Waals surface area contributed by atoms with E-state index in [1.807, 2.05) is 0 Å². The molecule has 9 heteroatoms. The number of rotatable bonds is 5. The van der Waals surface area contributed by atoms with Gasteiger partial charge in [-0.15, -0.1) is 0 Å². The smallest absolute Gasteiger partial charge is 0.447 e. The zero-order chi connectivity index (χ0) is 17.7. The second-order valence-electron chi connectivity index (χ2n) is 5.60. The van der Waals surface area contributed by atoms with Crippen molar-refractivity contribution in [3.05, 3.63) is 23.9 Å². The molecule has 0 aromatic carbocycles. The molecular formula is C15H17F3N2O3S. The minimum Gasteiger partial charge on any atom is -0.481 e. The van der Waals surface area contributed by atoms with Gasteiger partial charge in [0.15, 0.2) is 0 Å². The third-order valence-corrected chi connectivity index (χ3v) is 4.54. The van der Waals surface area contributed by atoms with Crippen molar-refractivity contribution in [3.63, 3.8) is 0 Å². The lowest BCUT2D eigenvalue weighted by molar-refractivity contribution is -0.137. The maximum absolute atomic E-state index is 12.6. The first-order valence-electron chi connectivity index (χ1n) is 7.48. The first kappa shape index (κ1) is 18.6. The van der Waals surface area contributed by atoms with Gasteiger partial charge >= 0.3 is 11.5 Å². The predicted molar refractivity (Wildman–Crippen MR) is 81.6 cm³/mol. The summed E-state index contributed by atoms with van der Waals surface area (Å²) >= 11 is -0.402. The molecule has 0 saturated carbocycles. The number of likely N-dealkylation sites (tertiary alicyclic amines) is 1. The summed E-state index contributed by atoms with van der Waals surface area (Å²) < 4.78 is 37.8. The number of hydrogen-bond donors (Lipinski definition) is 1. The van der Waals surface area contributed by atoms with Gasteiger partial charge in [-0.3, -0.25) is 9.59 Å². The normalized spacial score (nSPS) is 18.5. The molecule has 0 radical (unpaired) electrons. The molecule has 1 aromatic heterocycles. The Kier molecular flexibility index (Phi) is 6.09. The Labute approximate surface area is 141 Å². The molecule has 1 saturated heterocycles. The van der Waals surface area contributed by atoms with Crippen LogP contribution in [0.15, 0.2) is 23.4 Å². The number of piperidine rings is 1. The topological polar surface area (TPSA) is 70.5 Å². The van der Waals surface area contributed by atoms with Crippen LogP contribution in [0.2, 0.25) is 0 Å². The van der Waals surface area contributed by atoms with E-state index in [4.69, 9.17) is 5.11 Å². The minimum atomic E-state index is -4.52. The number of aliphatic carboxylic acids is 1. The average Bonchev–Trinajstić information content (AvgIpc) is 2.51. The van der Waals surface area contributed by atoms with Gasteiger partial charge in [-0.05, 0) is 37.3 Å². The molecule has 1 aromatic rings. The number of carbonyl (C=O) groups excluding carboxylic acids is 1. The molecule has 0 spiro atoms. The molecular weight excluding hydrogens is 345 g/mol. The molecule has 1 fully saturated rings. The van der Waals surface area contributed by atoms with E-state index in [1.54, 1.807) is 0 Å². The van der Waals surface area contributed by atoms with Crippen LogP contribution in [-0.2, 0) is 4.79 Å². The molecule has 0 bridgehead atoms. The fourth-order valence-electron chi connectivity index (χ4n) is 2.73. The van der Waals surface area contributed by atoms with E-state index >= 15 is 0 Å². The standard InChI is InChI=1S/C15H17F3N2O3S/c16-15(17,18)24-13-11(4-1-7-19-13)14(23)20-8-2-3-10(9-20)5-6-12(21)22/h1,4,7,10H,2-3,5-6,8-9H2,(H,21,22). The Morgan fingerprint density at radius 1 is 1.42 bits per heavy atom. The van der Waals surface area contributed by atoms with E-state index in [0.29, 0.717) is 25.9 Å². The highest BCUT2D eigenvalue weighted by Crippen LogP contribution is 2.37. The van der Waals surface area contributed by atoms with Crippen LogP contribution in [0.4, 0.5) is 13.2 Å². The Bertz CT molecular complexity index is 610. The molecule has 1 N–H and O–H groups in total. The van der Waals surface area contributed by atoms with Crippen LogP contribution >= 0.6 is 11.8 Å². The fourth-order valence-corrected chi connectivity index (χ4v) is 3.33. The van der Waals surface area contributed by atoms with Crippen LogP contribution in [0.1, 0.15) is 36.0 Å². The van der Waals surface area contributed by atoms with E-state index in [-0.39, 0.29) is 22.9 Å². The maximum Gasteiger partial charge on any atom is 0.447 e. The van der Waals surface area contributed by atoms with Crippen LogP contribution in [0, 0.1) is 5.92 Å². The number of thioether (sulfide) groups is 1. The van der Waals surface area contributed by atoms with Gasteiger partial charge in [-0.2, -0.15) is 13.2 Å². The quantitative estimate of drug-likeness (QED) is 0.813. The van der Waals surface area contributed by atoms with Crippen LogP contribution in [0.5, 0.6) is 0 Å². The fraction of sp³-hybridized carbons (Fsp3) is 0.533. The number of pyridine rings is 1. The largest absolute Gasteiger partial charge is 0.481 e. The number of carboxylic acid groups (broad SMARTS) is 1. The number of hydrogen-bond acceptors (Lipinski definition) is 4. The monoisotopic (exact) mass is 362 g/mol. The summed E-state index contributed by atoms with van der Waals surface area (Å²) in [5.74, 6) is -1.33. The second-order valence-corrected chi connectivity index (χ2v) is 6.65. The third-order valence-electron chi connectivity index (χ3n) is 3.79. The first-order chi connectivity index (χ1) is 11.3. The molecule has 24 heavy (non-hydrogen) atoms. The van der Waals surface area contributed by atoms with Crippen molar-refractivity contribution in [1.29, 1.82) is 0 Å². The Hall–Kier alpha value is -1.77. The van der Waals surface area contributed by atoms with Crippen LogP contribution in [0.25, 0.3) is 0 Å². The van der Waals surface area contributed by atoms with E-state index in [9.17, 15) is 22.8 Å². The average molecular weight is 362 g/mol. The molecule has 132 valence electrons. The zero-order valence-electron chi connectivity index (χ0n) is 12.8. The van der Waals surface area contributed by atoms with Crippen molar-refractivity contribution in [1.82, 2.24) is 9.88 Å². The maximum atomic E-state index is 12.6. The van der Waals surface area contributed by atoms with Crippen molar-refractivity contribution in [2.75, 3.05) is 13.1 Å². The number of aromatic nitrogens is 1. The summed E-state index contributed by atoms with van der Waals surface area (Å²) in [4.78, 5) is 28.4. The molecule has 1 aliphatic heterocycles. The molecule has 2 heterocycles. The summed E-state index contributed by atoms with van der Waals surface area (Å²) in [6, 6.07) is 2.77. The Balaban J connectivity index is 2.09. The molecule has 1 amide bonds. The molecule has 1 aliphatic rings. The van der Waals surface area contributed by atoms with Gasteiger partial charge in [-0.25, -0.2) is 4.98 Å². The lowest BCUT2D eigenvalue weighted by Gasteiger charge is -2.33. The van der Waals surface area contributed by atoms with Gasteiger partial charge < -0.3 is 10.0 Å². The van der Waals surface area contributed by atoms with Gasteiger partial charge in [0.2, 0.25) is 0 Å². The zero-order valence-corrected chi connectivity index (χ0v) is 13.6. The van der Waals surface area contributed by atoms with Gasteiger partial charge in [-0.1, -0.05) is 0 Å². The van der Waals surface area contributed by atoms with Gasteiger partial charge in [0, 0.05) is 37.5 Å². The first-order valence-corrected chi connectivity index (χ1v) is 8.30. The molecule has 1 unspecified atom stereocenters. The lowest BCUT2D eigenvalue weighted by atomic mass is 9.93. The molecule has 5 nitrogen and oxygen atoms in total. The number of amides is 1. The highest BCUT2D eigenvalue weighted by atomic mass is 32.2. The summed E-state index contributed by atoms with van der Waals surface area (Å²) in [5.41, 5.74) is -4.59. The third kappa shape index (κ3) is 5.40. The Morgan fingerprint density at radius 3 is 2.83 bits per heavy atom. The summed E-state index contributed by atoms with van der Waals surface area (Å²) in [6.45, 7) is 0.810. The SMILES string of the molecule is O=C(O)CCC1CCCN(C(=O)c2cccnc2SC(F)(F)F)C1. The van der Waals surface area contributed by atoms with Crippen molar-refractivity contribution in [2.24, 2.45) is 5.92 Å². The lowest BCUT2D eigenvalue weighted by Crippen LogP contribution is -2.40. The predicted octanol–water partition coefficient (Wildman–Crippen LogP) is 3.41. The summed E-state index contributed by atoms with van der Waals surface area (Å²) in [5, 5.41) is 8.39. The second kappa shape index (κ2) is 7.87. The van der Waals surface area contributed by atoms with E-state index in [2.05, 4.69) is 4.98 Å². The summed E-state index contributed by atoms with van der Waals surface area (Å²) in [7, 11) is 0. The van der Waals surface area contributed by atoms with Gasteiger partial charge in [0.25, 0.3) is 5.91 Å². The molecule has 2 rings (SSSR count). The van der Waals surface area contributed by atoms with Crippen molar-refractivity contribution >= 4 is 23.6 Å². The van der Waals surface area contributed by atoms with E-state index < -0.39 is 29.1 Å². The van der Waals surface area contributed by atoms with Crippen LogP contribution in [-0.4, -0.2) is 45.5 Å². The number of alkyl halides is 3. The number of nitrogens with zero attached hydrogens (tertiary/aromatic N) is 2. The summed E-state index contributed by atoms with van der Waals surface area (Å²) in [6.07, 6.45) is 3.22. The highest BCUT2D eigenvalue weighted by molar-refractivity contribution is 8.00. The van der Waals surface area contributed by atoms with Crippen molar-refractivity contribution in [3.8, 4) is 0 Å². The Morgan fingerprint density at radius 2 is 2.17 bits per heavy atom. The van der Waals surface area contributed by atoms with Crippen LogP contribution < -0.4 is 0 Å². The minimum absolute atomic E-state index is 0.0226. The number of carboxylic acids is 1. The van der Waals surface area contributed by atoms with Gasteiger partial charge in [0.1, 0.15) is 5.03 Å². The molecule has 1 atom stereocenters. The molecule has 0 aliphatic carbocycles. The number of halogens is 3. The van der Waals surface area contributed by atoms with E-state index in [1.165, 1.54) is 23.2 Å². The van der Waals surface area contributed by atoms with E-state index in [0.717, 1.165) is 6.42 Å². The van der Waals surface area contributed by atoms with Crippen molar-refractivity contribution in [2.45, 2.75) is 36.2 Å². The highest BCUT2D eigenvalue weighted by Gasteiger charge is 2.34. The van der Waals surface area contributed by atoms with Crippen molar-refractivity contribution < 1.29 is 27.9 Å². The number of carbonyl (C=O) groups is 2.